The molecule has 21 heavy (non-hydrogen) atoms. The average Bonchev–Trinajstić information content (AvgIpc) is 2.43. The maximum atomic E-state index is 10.3. The Hall–Kier alpha value is -0.621. The number of carboxylic acids is 1. The van der Waals surface area contributed by atoms with Crippen molar-refractivity contribution in [1.82, 2.24) is 0 Å². The number of carboxylic acid groups (broad SMARTS) is 1. The normalized spacial score (nSPS) is 10.7. The molecule has 0 spiro atoms. The van der Waals surface area contributed by atoms with Crippen LogP contribution in [0, 0.1) is 0 Å². The third-order valence-electron chi connectivity index (χ3n) is 3.65. The molecule has 0 bridgehead atoms. The van der Waals surface area contributed by atoms with Crippen molar-refractivity contribution in [1.29, 1.82) is 0 Å². The summed E-state index contributed by atoms with van der Waals surface area (Å²) in [7, 11) is 0. The van der Waals surface area contributed by atoms with E-state index < -0.39 is 5.97 Å². The number of aliphatic carboxylic acids is 1. The number of hydrogen-bond acceptors (Lipinski definition) is 1. The van der Waals surface area contributed by atoms with Crippen molar-refractivity contribution in [3.05, 3.63) is 12.2 Å². The Morgan fingerprint density at radius 2 is 1.19 bits per heavy atom. The van der Waals surface area contributed by atoms with Gasteiger partial charge in [0, 0.05) is 6.42 Å². The Balaban J connectivity index is 0. The van der Waals surface area contributed by atoms with E-state index in [4.69, 9.17) is 5.11 Å². The van der Waals surface area contributed by atoms with Crippen molar-refractivity contribution < 1.29 is 9.90 Å². The molecule has 0 aliphatic rings. The first-order valence-electron chi connectivity index (χ1n) is 8.64. The van der Waals surface area contributed by atoms with Crippen LogP contribution in [-0.4, -0.2) is 21.2 Å². The first-order chi connectivity index (χ1) is 9.77. The maximum absolute atomic E-state index is 10.3. The fourth-order valence-electron chi connectivity index (χ4n) is 2.35. The predicted octanol–water partition coefficient (Wildman–Crippen LogP) is 5.19. The van der Waals surface area contributed by atoms with Crippen LogP contribution in [0.5, 0.6) is 0 Å². The van der Waals surface area contributed by atoms with Crippen LogP contribution in [0.4, 0.5) is 0 Å². The van der Waals surface area contributed by atoms with Gasteiger partial charge >= 0.3 is 16.1 Å². The molecule has 0 aliphatic carbocycles. The second-order valence-corrected chi connectivity index (χ2v) is 5.73. The van der Waals surface area contributed by atoms with Gasteiger partial charge in [-0.3, -0.25) is 4.79 Å². The molecule has 0 fully saturated rings. The van der Waals surface area contributed by atoms with Crippen LogP contribution in [0.15, 0.2) is 12.2 Å². The minimum atomic E-state index is -0.664. The predicted molar refractivity (Wildman–Crippen MR) is 95.6 cm³/mol. The van der Waals surface area contributed by atoms with E-state index in [1.807, 2.05) is 0 Å². The molecule has 0 unspecified atom stereocenters. The van der Waals surface area contributed by atoms with Crippen LogP contribution in [0.3, 0.4) is 0 Å². The van der Waals surface area contributed by atoms with Crippen molar-refractivity contribution in [2.75, 3.05) is 0 Å². The fourth-order valence-corrected chi connectivity index (χ4v) is 2.35. The van der Waals surface area contributed by atoms with Crippen molar-refractivity contribution in [3.63, 3.8) is 0 Å². The molecule has 2 nitrogen and oxygen atoms in total. The molecular weight excluding hydrogens is 257 g/mol. The van der Waals surface area contributed by atoms with Crippen molar-refractivity contribution in [3.8, 4) is 0 Å². The number of hydrogen-bond donors (Lipinski definition) is 1. The molecule has 0 heterocycles. The summed E-state index contributed by atoms with van der Waals surface area (Å²) in [6, 6.07) is 0. The van der Waals surface area contributed by atoms with Crippen molar-refractivity contribution >= 4 is 16.1 Å². The summed E-state index contributed by atoms with van der Waals surface area (Å²) in [4.78, 5) is 10.3. The van der Waals surface area contributed by atoms with Gasteiger partial charge < -0.3 is 5.11 Å². The topological polar surface area (TPSA) is 37.3 Å². The van der Waals surface area contributed by atoms with E-state index >= 15 is 0 Å². The van der Waals surface area contributed by atoms with E-state index in [0.717, 1.165) is 12.8 Å². The van der Waals surface area contributed by atoms with Gasteiger partial charge in [-0.15, -0.1) is 0 Å². The molecule has 0 radical (unpaired) electrons. The van der Waals surface area contributed by atoms with Gasteiger partial charge in [-0.2, -0.15) is 0 Å². The van der Waals surface area contributed by atoms with Crippen molar-refractivity contribution in [2.45, 2.75) is 96.8 Å². The molecule has 0 rings (SSSR count). The number of rotatable bonds is 15. The fraction of sp³-hybridized carbons (Fsp3) is 0.833. The summed E-state index contributed by atoms with van der Waals surface area (Å²) in [6.45, 7) is 2.26. The zero-order valence-corrected chi connectivity index (χ0v) is 13.4. The third kappa shape index (κ3) is 21.8. The zero-order valence-electron chi connectivity index (χ0n) is 13.4. The molecule has 0 aliphatic heterocycles. The summed E-state index contributed by atoms with van der Waals surface area (Å²) in [5, 5.41) is 8.51. The van der Waals surface area contributed by atoms with Crippen LogP contribution in [0.2, 0.25) is 0 Å². The van der Waals surface area contributed by atoms with E-state index in [2.05, 4.69) is 19.1 Å². The molecule has 0 aromatic rings. The monoisotopic (exact) mass is 293 g/mol. The van der Waals surface area contributed by atoms with E-state index in [1.165, 1.54) is 70.6 Å². The van der Waals surface area contributed by atoms with E-state index in [-0.39, 0.29) is 10.1 Å². The third-order valence-corrected chi connectivity index (χ3v) is 3.65. The van der Waals surface area contributed by atoms with Gasteiger partial charge in [0.05, 0.1) is 0 Å². The van der Waals surface area contributed by atoms with Gasteiger partial charge in [-0.25, -0.2) is 0 Å². The van der Waals surface area contributed by atoms with Crippen LogP contribution < -0.4 is 0 Å². The molecule has 0 saturated heterocycles. The Morgan fingerprint density at radius 1 is 0.762 bits per heavy atom. The molecule has 0 aromatic heterocycles. The summed E-state index contributed by atoms with van der Waals surface area (Å²) in [5.41, 5.74) is 0. The Bertz CT molecular complexity index is 239. The van der Waals surface area contributed by atoms with Gasteiger partial charge in [0.2, 0.25) is 0 Å². The molecule has 0 amide bonds. The van der Waals surface area contributed by atoms with E-state index in [9.17, 15) is 4.79 Å². The Labute approximate surface area is 135 Å². The first-order valence-corrected chi connectivity index (χ1v) is 8.64. The van der Waals surface area contributed by atoms with Gasteiger partial charge in [-0.05, 0) is 32.1 Å². The molecule has 122 valence electrons. The minimum absolute atomic E-state index is 0. The SMILES string of the molecule is CCCCCCCCC=CCCCCCCCC(=O)O.[BeH2]. The zero-order chi connectivity index (χ0) is 14.9. The average molecular weight is 293 g/mol. The summed E-state index contributed by atoms with van der Waals surface area (Å²) in [6.07, 6.45) is 21.2. The summed E-state index contributed by atoms with van der Waals surface area (Å²) >= 11 is 0. The standard InChI is InChI=1S/C18H34O2.Be.2H/c1-2-3-4-5-6-7-8-9-10-11-12-13-14-15-16-17-18(19)20;;;/h9-10H,2-8,11-17H2,1H3,(H,19,20);;;. The van der Waals surface area contributed by atoms with Gasteiger partial charge in [0.1, 0.15) is 0 Å². The quantitative estimate of drug-likeness (QED) is 0.256. The van der Waals surface area contributed by atoms with Crippen LogP contribution in [0.25, 0.3) is 0 Å². The number of carbonyl (C=O) groups is 1. The first kappa shape index (κ1) is 22.7. The van der Waals surface area contributed by atoms with Crippen LogP contribution in [-0.2, 0) is 4.79 Å². The Kier molecular flexibility index (Phi) is 20.9. The van der Waals surface area contributed by atoms with E-state index in [1.54, 1.807) is 0 Å². The molecular formula is C18H36BeO2. The number of allylic oxidation sites excluding steroid dienone is 2. The van der Waals surface area contributed by atoms with Gasteiger partial charge in [-0.1, -0.05) is 70.4 Å². The Morgan fingerprint density at radius 3 is 1.67 bits per heavy atom. The summed E-state index contributed by atoms with van der Waals surface area (Å²) < 4.78 is 0. The second-order valence-electron chi connectivity index (χ2n) is 5.73. The van der Waals surface area contributed by atoms with Crippen molar-refractivity contribution in [2.24, 2.45) is 0 Å². The molecule has 3 heteroatoms. The number of unbranched alkanes of at least 4 members (excludes halogenated alkanes) is 11. The molecule has 0 aromatic carbocycles. The van der Waals surface area contributed by atoms with Gasteiger partial charge in [0.25, 0.3) is 0 Å². The second kappa shape index (κ2) is 19.4. The van der Waals surface area contributed by atoms with E-state index in [0.29, 0.717) is 6.42 Å². The van der Waals surface area contributed by atoms with Gasteiger partial charge in [0.15, 0.2) is 0 Å². The summed E-state index contributed by atoms with van der Waals surface area (Å²) in [5.74, 6) is -0.664. The molecule has 1 N–H and O–H groups in total. The van der Waals surface area contributed by atoms with Crippen LogP contribution >= 0.6 is 0 Å². The molecule has 0 atom stereocenters. The molecule has 0 saturated carbocycles. The van der Waals surface area contributed by atoms with Crippen LogP contribution in [0.1, 0.15) is 96.8 Å².